The van der Waals surface area contributed by atoms with E-state index in [1.807, 2.05) is 12.1 Å². The predicted octanol–water partition coefficient (Wildman–Crippen LogP) is 2.42. The number of aryl methyl sites for hydroxylation is 1. The van der Waals surface area contributed by atoms with Gasteiger partial charge in [0.1, 0.15) is 5.82 Å². The Hall–Kier alpha value is -1.99. The number of carboxylic acid groups (broad SMARTS) is 2. The molecule has 0 bridgehead atoms. The van der Waals surface area contributed by atoms with E-state index in [1.54, 1.807) is 0 Å². The summed E-state index contributed by atoms with van der Waals surface area (Å²) in [5.74, 6) is -3.81. The maximum Gasteiger partial charge on any atom is 0.414 e. The van der Waals surface area contributed by atoms with Gasteiger partial charge in [0.05, 0.1) is 0 Å². The molecule has 0 radical (unpaired) electrons. The Morgan fingerprint density at radius 1 is 1.00 bits per heavy atom. The lowest BCUT2D eigenvalue weighted by atomic mass is 10.1. The normalized spacial score (nSPS) is 14.0. The van der Waals surface area contributed by atoms with E-state index in [0.717, 1.165) is 32.5 Å². The van der Waals surface area contributed by atoms with Crippen LogP contribution in [0.5, 0.6) is 0 Å². The monoisotopic (exact) mass is 355 g/mol. The summed E-state index contributed by atoms with van der Waals surface area (Å²) in [6.07, 6.45) is 5.83. The van der Waals surface area contributed by atoms with Gasteiger partial charge in [-0.15, -0.1) is 0 Å². The SMILES string of the molecule is Fc1ccc(CCCOCCCN2CCCC2)cc1.O=C(O)C(=O)O. The molecule has 6 nitrogen and oxygen atoms in total. The molecule has 1 heterocycles. The number of hydrogen-bond donors (Lipinski definition) is 2. The molecule has 0 aliphatic carbocycles. The van der Waals surface area contributed by atoms with Gasteiger partial charge >= 0.3 is 11.9 Å². The molecule has 1 fully saturated rings. The van der Waals surface area contributed by atoms with Crippen LogP contribution in [0.2, 0.25) is 0 Å². The maximum atomic E-state index is 12.7. The number of carbonyl (C=O) groups is 2. The van der Waals surface area contributed by atoms with Gasteiger partial charge < -0.3 is 19.8 Å². The molecule has 1 saturated heterocycles. The number of likely N-dealkylation sites (tertiary alicyclic amines) is 1. The fraction of sp³-hybridized carbons (Fsp3) is 0.556. The first-order valence-electron chi connectivity index (χ1n) is 8.50. The highest BCUT2D eigenvalue weighted by molar-refractivity contribution is 6.27. The zero-order valence-corrected chi connectivity index (χ0v) is 14.3. The molecule has 140 valence electrons. The van der Waals surface area contributed by atoms with Crippen molar-refractivity contribution in [2.24, 2.45) is 0 Å². The van der Waals surface area contributed by atoms with Crippen LogP contribution < -0.4 is 0 Å². The van der Waals surface area contributed by atoms with Gasteiger partial charge in [0, 0.05) is 19.8 Å². The van der Waals surface area contributed by atoms with Crippen molar-refractivity contribution in [2.45, 2.75) is 32.1 Å². The van der Waals surface area contributed by atoms with Gasteiger partial charge in [-0.3, -0.25) is 0 Å². The number of ether oxygens (including phenoxy) is 1. The van der Waals surface area contributed by atoms with Crippen molar-refractivity contribution in [3.63, 3.8) is 0 Å². The first kappa shape index (κ1) is 21.1. The predicted molar refractivity (Wildman–Crippen MR) is 91.1 cm³/mol. The quantitative estimate of drug-likeness (QED) is 0.550. The van der Waals surface area contributed by atoms with Gasteiger partial charge in [0.25, 0.3) is 0 Å². The lowest BCUT2D eigenvalue weighted by Crippen LogP contribution is -2.21. The standard InChI is InChI=1S/C16H24FNO.C2H2O4/c17-16-8-6-15(7-9-16)5-3-13-19-14-4-12-18-10-1-2-11-18;3-1(4)2(5)6/h6-9H,1-5,10-14H2;(H,3,4)(H,5,6). The minimum Gasteiger partial charge on any atom is -0.473 e. The first-order chi connectivity index (χ1) is 12.0. The summed E-state index contributed by atoms with van der Waals surface area (Å²) in [6, 6.07) is 6.74. The third-order valence-corrected chi connectivity index (χ3v) is 3.81. The summed E-state index contributed by atoms with van der Waals surface area (Å²) in [5.41, 5.74) is 1.18. The summed E-state index contributed by atoms with van der Waals surface area (Å²) in [7, 11) is 0. The molecule has 7 heteroatoms. The van der Waals surface area contributed by atoms with Crippen LogP contribution in [0.4, 0.5) is 4.39 Å². The van der Waals surface area contributed by atoms with E-state index in [0.29, 0.717) is 0 Å². The van der Waals surface area contributed by atoms with E-state index < -0.39 is 11.9 Å². The molecule has 0 aromatic heterocycles. The number of nitrogens with zero attached hydrogens (tertiary/aromatic N) is 1. The third-order valence-electron chi connectivity index (χ3n) is 3.81. The molecule has 1 aliphatic rings. The van der Waals surface area contributed by atoms with Crippen LogP contribution in [0, 0.1) is 5.82 Å². The van der Waals surface area contributed by atoms with Crippen LogP contribution in [-0.4, -0.2) is 59.9 Å². The Morgan fingerprint density at radius 3 is 2.12 bits per heavy atom. The molecule has 1 aromatic carbocycles. The summed E-state index contributed by atoms with van der Waals surface area (Å²) in [4.78, 5) is 20.7. The molecule has 1 aromatic rings. The second-order valence-corrected chi connectivity index (χ2v) is 5.85. The van der Waals surface area contributed by atoms with E-state index in [4.69, 9.17) is 24.5 Å². The van der Waals surface area contributed by atoms with E-state index in [1.165, 1.54) is 50.2 Å². The fourth-order valence-corrected chi connectivity index (χ4v) is 2.53. The first-order valence-corrected chi connectivity index (χ1v) is 8.50. The highest BCUT2D eigenvalue weighted by atomic mass is 19.1. The number of rotatable bonds is 8. The molecular weight excluding hydrogens is 329 g/mol. The lowest BCUT2D eigenvalue weighted by molar-refractivity contribution is -0.159. The Balaban J connectivity index is 0.000000450. The maximum absolute atomic E-state index is 12.7. The van der Waals surface area contributed by atoms with Crippen molar-refractivity contribution < 1.29 is 28.9 Å². The molecule has 0 spiro atoms. The fourth-order valence-electron chi connectivity index (χ4n) is 2.53. The molecule has 25 heavy (non-hydrogen) atoms. The Kier molecular flexibility index (Phi) is 10.4. The Morgan fingerprint density at radius 2 is 1.56 bits per heavy atom. The van der Waals surface area contributed by atoms with Crippen LogP contribution in [-0.2, 0) is 20.7 Å². The molecule has 0 amide bonds. The summed E-state index contributed by atoms with van der Waals surface area (Å²) in [6.45, 7) is 5.38. The second kappa shape index (κ2) is 12.4. The highest BCUT2D eigenvalue weighted by Gasteiger charge is 2.09. The summed E-state index contributed by atoms with van der Waals surface area (Å²) < 4.78 is 18.4. The van der Waals surface area contributed by atoms with E-state index in [9.17, 15) is 4.39 Å². The molecule has 2 N–H and O–H groups in total. The van der Waals surface area contributed by atoms with E-state index >= 15 is 0 Å². The van der Waals surface area contributed by atoms with Crippen LogP contribution in [0.15, 0.2) is 24.3 Å². The number of carboxylic acids is 2. The average molecular weight is 355 g/mol. The van der Waals surface area contributed by atoms with Crippen molar-refractivity contribution in [1.29, 1.82) is 0 Å². The minimum atomic E-state index is -1.82. The van der Waals surface area contributed by atoms with Crippen LogP contribution in [0.3, 0.4) is 0 Å². The number of benzene rings is 1. The van der Waals surface area contributed by atoms with Crippen molar-refractivity contribution in [3.05, 3.63) is 35.6 Å². The van der Waals surface area contributed by atoms with Gasteiger partial charge in [-0.25, -0.2) is 14.0 Å². The second-order valence-electron chi connectivity index (χ2n) is 5.85. The van der Waals surface area contributed by atoms with Gasteiger partial charge in [0.2, 0.25) is 0 Å². The van der Waals surface area contributed by atoms with E-state index in [2.05, 4.69) is 4.90 Å². The number of halogens is 1. The molecule has 2 rings (SSSR count). The molecule has 0 saturated carbocycles. The van der Waals surface area contributed by atoms with Crippen molar-refractivity contribution >= 4 is 11.9 Å². The molecule has 0 atom stereocenters. The average Bonchev–Trinajstić information content (AvgIpc) is 3.09. The zero-order valence-electron chi connectivity index (χ0n) is 14.3. The van der Waals surface area contributed by atoms with E-state index in [-0.39, 0.29) is 5.82 Å². The topological polar surface area (TPSA) is 87.1 Å². The van der Waals surface area contributed by atoms with Crippen LogP contribution in [0.25, 0.3) is 0 Å². The molecular formula is C18H26FNO5. The van der Waals surface area contributed by atoms with Gasteiger partial charge in [-0.1, -0.05) is 12.1 Å². The zero-order chi connectivity index (χ0) is 18.5. The van der Waals surface area contributed by atoms with Gasteiger partial charge in [-0.05, 0) is 62.9 Å². The van der Waals surface area contributed by atoms with Crippen molar-refractivity contribution in [2.75, 3.05) is 32.8 Å². The van der Waals surface area contributed by atoms with Crippen molar-refractivity contribution in [1.82, 2.24) is 4.90 Å². The number of aliphatic carboxylic acids is 2. The summed E-state index contributed by atoms with van der Waals surface area (Å²) >= 11 is 0. The molecule has 1 aliphatic heterocycles. The van der Waals surface area contributed by atoms with Crippen LogP contribution in [0.1, 0.15) is 31.2 Å². The Bertz CT molecular complexity index is 503. The lowest BCUT2D eigenvalue weighted by Gasteiger charge is -2.13. The van der Waals surface area contributed by atoms with Crippen molar-refractivity contribution in [3.8, 4) is 0 Å². The third kappa shape index (κ3) is 10.5. The number of hydrogen-bond acceptors (Lipinski definition) is 4. The highest BCUT2D eigenvalue weighted by Crippen LogP contribution is 2.08. The smallest absolute Gasteiger partial charge is 0.414 e. The summed E-state index contributed by atoms with van der Waals surface area (Å²) in [5, 5.41) is 14.8. The van der Waals surface area contributed by atoms with Crippen LogP contribution >= 0.6 is 0 Å². The largest absolute Gasteiger partial charge is 0.473 e. The minimum absolute atomic E-state index is 0.165. The Labute approximate surface area is 147 Å². The van der Waals surface area contributed by atoms with Gasteiger partial charge in [-0.2, -0.15) is 0 Å². The van der Waals surface area contributed by atoms with Gasteiger partial charge in [0.15, 0.2) is 0 Å². The molecule has 0 unspecified atom stereocenters.